The predicted octanol–water partition coefficient (Wildman–Crippen LogP) is 2.45. The van der Waals surface area contributed by atoms with Gasteiger partial charge in [0, 0.05) is 26.1 Å². The number of ether oxygens (including phenoxy) is 1. The Balaban J connectivity index is 1.69. The van der Waals surface area contributed by atoms with Gasteiger partial charge in [-0.15, -0.1) is 0 Å². The van der Waals surface area contributed by atoms with Crippen molar-refractivity contribution in [3.63, 3.8) is 0 Å². The molecule has 3 rings (SSSR count). The summed E-state index contributed by atoms with van der Waals surface area (Å²) in [4.78, 5) is 16.7. The molecule has 23 heavy (non-hydrogen) atoms. The van der Waals surface area contributed by atoms with E-state index < -0.39 is 0 Å². The molecular weight excluding hydrogens is 290 g/mol. The van der Waals surface area contributed by atoms with Crippen molar-refractivity contribution in [3.8, 4) is 0 Å². The van der Waals surface area contributed by atoms with E-state index in [9.17, 15) is 4.79 Å². The van der Waals surface area contributed by atoms with Crippen LogP contribution in [0.3, 0.4) is 0 Å². The lowest BCUT2D eigenvalue weighted by molar-refractivity contribution is -0.130. The van der Waals surface area contributed by atoms with E-state index in [1.54, 1.807) is 0 Å². The Bertz CT molecular complexity index is 714. The number of carbonyl (C=O) groups excluding carboxylic acids is 1. The van der Waals surface area contributed by atoms with E-state index in [1.165, 1.54) is 0 Å². The van der Waals surface area contributed by atoms with Gasteiger partial charge in [-0.3, -0.25) is 4.79 Å². The van der Waals surface area contributed by atoms with Crippen molar-refractivity contribution in [3.05, 3.63) is 42.2 Å². The Morgan fingerprint density at radius 2 is 2.30 bits per heavy atom. The van der Waals surface area contributed by atoms with Gasteiger partial charge in [0.1, 0.15) is 11.9 Å². The fourth-order valence-electron chi connectivity index (χ4n) is 2.96. The fourth-order valence-corrected chi connectivity index (χ4v) is 2.96. The van der Waals surface area contributed by atoms with Crippen LogP contribution in [0.2, 0.25) is 0 Å². The van der Waals surface area contributed by atoms with Crippen LogP contribution < -0.4 is 5.32 Å². The molecule has 1 aromatic heterocycles. The van der Waals surface area contributed by atoms with Gasteiger partial charge in [0.25, 0.3) is 0 Å². The highest BCUT2D eigenvalue weighted by molar-refractivity contribution is 5.81. The van der Waals surface area contributed by atoms with E-state index in [-0.39, 0.29) is 12.0 Å². The topological polar surface area (TPSA) is 56.2 Å². The van der Waals surface area contributed by atoms with Crippen LogP contribution in [0.4, 0.5) is 0 Å². The number of para-hydroxylation sites is 2. The lowest BCUT2D eigenvalue weighted by Crippen LogP contribution is -2.35. The number of aromatic nitrogens is 2. The van der Waals surface area contributed by atoms with Gasteiger partial charge in [0.2, 0.25) is 5.91 Å². The zero-order valence-corrected chi connectivity index (χ0v) is 13.5. The van der Waals surface area contributed by atoms with Gasteiger partial charge in [-0.1, -0.05) is 24.3 Å². The molecule has 0 radical (unpaired) electrons. The van der Waals surface area contributed by atoms with E-state index in [0.29, 0.717) is 19.6 Å². The number of benzene rings is 1. The van der Waals surface area contributed by atoms with E-state index in [2.05, 4.69) is 22.5 Å². The molecule has 0 aliphatic carbocycles. The molecule has 0 saturated carbocycles. The third-order valence-corrected chi connectivity index (χ3v) is 4.03. The summed E-state index contributed by atoms with van der Waals surface area (Å²) in [5, 5.41) is 2.96. The largest absolute Gasteiger partial charge is 0.368 e. The zero-order chi connectivity index (χ0) is 16.2. The van der Waals surface area contributed by atoms with Gasteiger partial charge < -0.3 is 14.6 Å². The SMILES string of the molecule is C=C(C)Cn1c(CCNC(=O)C2CCCO2)nc2ccccc21. The minimum Gasteiger partial charge on any atom is -0.368 e. The highest BCUT2D eigenvalue weighted by atomic mass is 16.5. The summed E-state index contributed by atoms with van der Waals surface area (Å²) in [5.41, 5.74) is 3.17. The minimum absolute atomic E-state index is 0.00920. The van der Waals surface area contributed by atoms with Gasteiger partial charge in [0.15, 0.2) is 0 Å². The number of hydrogen-bond donors (Lipinski definition) is 1. The van der Waals surface area contributed by atoms with Crippen molar-refractivity contribution in [2.75, 3.05) is 13.2 Å². The second-order valence-corrected chi connectivity index (χ2v) is 6.10. The third-order valence-electron chi connectivity index (χ3n) is 4.03. The maximum Gasteiger partial charge on any atom is 0.249 e. The molecule has 1 amide bonds. The van der Waals surface area contributed by atoms with E-state index in [0.717, 1.165) is 41.8 Å². The molecule has 0 spiro atoms. The molecule has 0 bridgehead atoms. The molecule has 5 nitrogen and oxygen atoms in total. The monoisotopic (exact) mass is 313 g/mol. The van der Waals surface area contributed by atoms with Crippen molar-refractivity contribution in [2.24, 2.45) is 0 Å². The van der Waals surface area contributed by atoms with E-state index in [4.69, 9.17) is 9.72 Å². The summed E-state index contributed by atoms with van der Waals surface area (Å²) in [7, 11) is 0. The van der Waals surface area contributed by atoms with Crippen LogP contribution >= 0.6 is 0 Å². The minimum atomic E-state index is -0.274. The Kier molecular flexibility index (Phi) is 4.76. The first kappa shape index (κ1) is 15.7. The summed E-state index contributed by atoms with van der Waals surface area (Å²) in [6.07, 6.45) is 2.21. The number of imidazole rings is 1. The molecule has 5 heteroatoms. The Labute approximate surface area is 136 Å². The molecular formula is C18H23N3O2. The van der Waals surface area contributed by atoms with Crippen LogP contribution in [-0.2, 0) is 22.5 Å². The molecule has 122 valence electrons. The smallest absolute Gasteiger partial charge is 0.249 e. The Morgan fingerprint density at radius 1 is 1.48 bits per heavy atom. The number of nitrogens with one attached hydrogen (secondary N) is 1. The summed E-state index contributed by atoms with van der Waals surface area (Å²) in [6, 6.07) is 8.09. The Morgan fingerprint density at radius 3 is 3.04 bits per heavy atom. The van der Waals surface area contributed by atoms with Crippen molar-refractivity contribution >= 4 is 16.9 Å². The number of hydrogen-bond acceptors (Lipinski definition) is 3. The number of amides is 1. The third kappa shape index (κ3) is 3.62. The second-order valence-electron chi connectivity index (χ2n) is 6.10. The molecule has 1 N–H and O–H groups in total. The van der Waals surface area contributed by atoms with Gasteiger partial charge in [-0.2, -0.15) is 0 Å². The van der Waals surface area contributed by atoms with Gasteiger partial charge in [-0.05, 0) is 31.9 Å². The number of rotatable bonds is 6. The summed E-state index contributed by atoms with van der Waals surface area (Å²) in [5.74, 6) is 0.965. The molecule has 1 fully saturated rings. The molecule has 1 aromatic carbocycles. The highest BCUT2D eigenvalue weighted by Gasteiger charge is 2.23. The first-order valence-corrected chi connectivity index (χ1v) is 8.13. The van der Waals surface area contributed by atoms with Crippen molar-refractivity contribution < 1.29 is 9.53 Å². The van der Waals surface area contributed by atoms with Crippen LogP contribution in [0.1, 0.15) is 25.6 Å². The molecule has 2 heterocycles. The van der Waals surface area contributed by atoms with Crippen LogP contribution in [0.5, 0.6) is 0 Å². The van der Waals surface area contributed by atoms with Crippen molar-refractivity contribution in [1.82, 2.24) is 14.9 Å². The zero-order valence-electron chi connectivity index (χ0n) is 13.5. The standard InChI is InChI=1S/C18H23N3O2/c1-13(2)12-21-15-7-4-3-6-14(15)20-17(21)9-10-19-18(22)16-8-5-11-23-16/h3-4,6-7,16H,1,5,8-12H2,2H3,(H,19,22). The summed E-state index contributed by atoms with van der Waals surface area (Å²) < 4.78 is 7.57. The fraction of sp³-hybridized carbons (Fsp3) is 0.444. The van der Waals surface area contributed by atoms with Crippen LogP contribution in [0, 0.1) is 0 Å². The molecule has 2 aromatic rings. The second kappa shape index (κ2) is 6.96. The summed E-state index contributed by atoms with van der Waals surface area (Å²) >= 11 is 0. The molecule has 1 atom stereocenters. The van der Waals surface area contributed by atoms with Crippen LogP contribution in [0.15, 0.2) is 36.4 Å². The average molecular weight is 313 g/mol. The molecule has 1 aliphatic rings. The van der Waals surface area contributed by atoms with Gasteiger partial charge >= 0.3 is 0 Å². The average Bonchev–Trinajstić information content (AvgIpc) is 3.16. The number of fused-ring (bicyclic) bond motifs is 1. The van der Waals surface area contributed by atoms with E-state index in [1.807, 2.05) is 25.1 Å². The molecule has 1 aliphatic heterocycles. The molecule has 1 saturated heterocycles. The van der Waals surface area contributed by atoms with Crippen molar-refractivity contribution in [1.29, 1.82) is 0 Å². The lowest BCUT2D eigenvalue weighted by atomic mass is 10.2. The molecule has 1 unspecified atom stereocenters. The maximum absolute atomic E-state index is 12.0. The first-order chi connectivity index (χ1) is 11.1. The van der Waals surface area contributed by atoms with Crippen LogP contribution in [-0.4, -0.2) is 34.7 Å². The van der Waals surface area contributed by atoms with Gasteiger partial charge in [-0.25, -0.2) is 4.98 Å². The maximum atomic E-state index is 12.0. The summed E-state index contributed by atoms with van der Waals surface area (Å²) in [6.45, 7) is 8.02. The lowest BCUT2D eigenvalue weighted by Gasteiger charge is -2.12. The normalized spacial score (nSPS) is 17.5. The highest BCUT2D eigenvalue weighted by Crippen LogP contribution is 2.18. The predicted molar refractivity (Wildman–Crippen MR) is 90.2 cm³/mol. The van der Waals surface area contributed by atoms with Crippen molar-refractivity contribution in [2.45, 2.75) is 38.8 Å². The number of nitrogens with zero attached hydrogens (tertiary/aromatic N) is 2. The number of carbonyl (C=O) groups is 1. The number of allylic oxidation sites excluding steroid dienone is 1. The first-order valence-electron chi connectivity index (χ1n) is 8.13. The van der Waals surface area contributed by atoms with E-state index >= 15 is 0 Å². The van der Waals surface area contributed by atoms with Crippen LogP contribution in [0.25, 0.3) is 11.0 Å². The Hall–Kier alpha value is -2.14. The quantitative estimate of drug-likeness (QED) is 0.834. The van der Waals surface area contributed by atoms with Gasteiger partial charge in [0.05, 0.1) is 11.0 Å².